The molecule has 1 amide bonds. The van der Waals surface area contributed by atoms with Crippen LogP contribution in [0.1, 0.15) is 18.5 Å². The van der Waals surface area contributed by atoms with Gasteiger partial charge >= 0.3 is 0 Å². The monoisotopic (exact) mass is 431 g/mol. The summed E-state index contributed by atoms with van der Waals surface area (Å²) < 4.78 is 10.6. The first-order valence-electron chi connectivity index (χ1n) is 8.97. The van der Waals surface area contributed by atoms with Crippen molar-refractivity contribution in [1.82, 2.24) is 10.3 Å². The van der Waals surface area contributed by atoms with Crippen LogP contribution in [0.25, 0.3) is 11.3 Å². The van der Waals surface area contributed by atoms with E-state index in [0.29, 0.717) is 21.7 Å². The Morgan fingerprint density at radius 1 is 1.17 bits per heavy atom. The van der Waals surface area contributed by atoms with Crippen LogP contribution in [-0.2, 0) is 4.79 Å². The topological polar surface area (TPSA) is 72.5 Å². The minimum Gasteiger partial charge on any atom is -0.493 e. The lowest BCUT2D eigenvalue weighted by Gasteiger charge is -2.15. The maximum Gasteiger partial charge on any atom is 0.240 e. The molecule has 2 N–H and O–H groups in total. The molecule has 152 valence electrons. The van der Waals surface area contributed by atoms with Gasteiger partial charge in [0.25, 0.3) is 0 Å². The molecule has 0 saturated carbocycles. The Kier molecular flexibility index (Phi) is 7.09. The van der Waals surface area contributed by atoms with Gasteiger partial charge < -0.3 is 20.1 Å². The van der Waals surface area contributed by atoms with E-state index in [9.17, 15) is 4.79 Å². The molecule has 2 aromatic carbocycles. The summed E-state index contributed by atoms with van der Waals surface area (Å²) in [7, 11) is 3.18. The maximum atomic E-state index is 12.3. The second kappa shape index (κ2) is 9.73. The number of hydrogen-bond donors (Lipinski definition) is 2. The van der Waals surface area contributed by atoms with Crippen molar-refractivity contribution in [3.05, 3.63) is 58.4 Å². The number of aromatic nitrogens is 1. The number of halogens is 1. The van der Waals surface area contributed by atoms with Gasteiger partial charge in [-0.05, 0) is 36.8 Å². The van der Waals surface area contributed by atoms with Crippen LogP contribution in [0.5, 0.6) is 11.5 Å². The smallest absolute Gasteiger partial charge is 0.240 e. The fraction of sp³-hybridized carbons (Fsp3) is 0.238. The highest BCUT2D eigenvalue weighted by atomic mass is 35.5. The van der Waals surface area contributed by atoms with Crippen molar-refractivity contribution >= 4 is 34.0 Å². The van der Waals surface area contributed by atoms with Crippen LogP contribution in [0.4, 0.5) is 5.13 Å². The zero-order chi connectivity index (χ0) is 20.8. The summed E-state index contributed by atoms with van der Waals surface area (Å²) in [6.45, 7) is 2.12. The summed E-state index contributed by atoms with van der Waals surface area (Å²) >= 11 is 7.57. The van der Waals surface area contributed by atoms with Crippen LogP contribution < -0.4 is 20.1 Å². The predicted octanol–water partition coefficient (Wildman–Crippen LogP) is 4.77. The number of benzene rings is 2. The quantitative estimate of drug-likeness (QED) is 0.537. The van der Waals surface area contributed by atoms with Crippen LogP contribution in [0, 0.1) is 0 Å². The molecule has 29 heavy (non-hydrogen) atoms. The van der Waals surface area contributed by atoms with Gasteiger partial charge in [-0.2, -0.15) is 0 Å². The second-order valence-electron chi connectivity index (χ2n) is 6.28. The lowest BCUT2D eigenvalue weighted by Crippen LogP contribution is -2.30. The fourth-order valence-electron chi connectivity index (χ4n) is 2.80. The third kappa shape index (κ3) is 5.26. The summed E-state index contributed by atoms with van der Waals surface area (Å²) in [5.74, 6) is 1.11. The first kappa shape index (κ1) is 21.1. The second-order valence-corrected chi connectivity index (χ2v) is 7.55. The lowest BCUT2D eigenvalue weighted by molar-refractivity contribution is -0.115. The molecule has 0 aliphatic carbocycles. The van der Waals surface area contributed by atoms with E-state index in [4.69, 9.17) is 21.1 Å². The van der Waals surface area contributed by atoms with E-state index in [1.54, 1.807) is 14.2 Å². The minimum absolute atomic E-state index is 0.0481. The Morgan fingerprint density at radius 3 is 2.66 bits per heavy atom. The van der Waals surface area contributed by atoms with Gasteiger partial charge in [0.05, 0.1) is 26.5 Å². The van der Waals surface area contributed by atoms with Gasteiger partial charge in [0.1, 0.15) is 0 Å². The van der Waals surface area contributed by atoms with Gasteiger partial charge in [0.2, 0.25) is 5.91 Å². The summed E-state index contributed by atoms with van der Waals surface area (Å²) in [6, 6.07) is 13.1. The van der Waals surface area contributed by atoms with Gasteiger partial charge in [-0.1, -0.05) is 29.8 Å². The van der Waals surface area contributed by atoms with Crippen molar-refractivity contribution in [2.75, 3.05) is 26.1 Å². The van der Waals surface area contributed by atoms with E-state index < -0.39 is 0 Å². The van der Waals surface area contributed by atoms with Crippen molar-refractivity contribution in [2.24, 2.45) is 0 Å². The Hall–Kier alpha value is -2.61. The van der Waals surface area contributed by atoms with Crippen LogP contribution in [0.3, 0.4) is 0 Å². The number of nitrogens with zero attached hydrogens (tertiary/aromatic N) is 1. The van der Waals surface area contributed by atoms with Gasteiger partial charge in [-0.15, -0.1) is 11.3 Å². The SMILES string of the molecule is COc1ccc(-c2csc(NC(=O)CNC(C)c3ccccc3Cl)n2)cc1OC. The van der Waals surface area contributed by atoms with Crippen molar-refractivity contribution < 1.29 is 14.3 Å². The van der Waals surface area contributed by atoms with E-state index >= 15 is 0 Å². The molecule has 0 spiro atoms. The fourth-order valence-corrected chi connectivity index (χ4v) is 3.84. The highest BCUT2D eigenvalue weighted by Crippen LogP contribution is 2.33. The molecule has 3 rings (SSSR count). The normalized spacial score (nSPS) is 11.7. The number of rotatable bonds is 8. The van der Waals surface area contributed by atoms with Crippen molar-refractivity contribution in [3.63, 3.8) is 0 Å². The maximum absolute atomic E-state index is 12.3. The molecule has 0 saturated heterocycles. The number of ether oxygens (including phenoxy) is 2. The van der Waals surface area contributed by atoms with Crippen molar-refractivity contribution in [3.8, 4) is 22.8 Å². The van der Waals surface area contributed by atoms with E-state index in [2.05, 4.69) is 15.6 Å². The Bertz CT molecular complexity index is 993. The Labute approximate surface area is 178 Å². The average molecular weight is 432 g/mol. The predicted molar refractivity (Wildman–Crippen MR) is 117 cm³/mol. The molecule has 0 radical (unpaired) electrons. The average Bonchev–Trinajstić information content (AvgIpc) is 3.20. The number of methoxy groups -OCH3 is 2. The molecular formula is C21H22ClN3O3S. The van der Waals surface area contributed by atoms with Crippen molar-refractivity contribution in [2.45, 2.75) is 13.0 Å². The number of carbonyl (C=O) groups excluding carboxylic acids is 1. The van der Waals surface area contributed by atoms with Gasteiger partial charge in [0, 0.05) is 22.0 Å². The molecule has 0 aliphatic heterocycles. The largest absolute Gasteiger partial charge is 0.493 e. The number of amides is 1. The van der Waals surface area contributed by atoms with E-state index in [-0.39, 0.29) is 18.5 Å². The molecular weight excluding hydrogens is 410 g/mol. The van der Waals surface area contributed by atoms with E-state index in [1.807, 2.05) is 54.8 Å². The molecule has 0 fully saturated rings. The zero-order valence-corrected chi connectivity index (χ0v) is 17.9. The number of nitrogens with one attached hydrogen (secondary N) is 2. The third-order valence-corrected chi connectivity index (χ3v) is 5.47. The van der Waals surface area contributed by atoms with Crippen LogP contribution >= 0.6 is 22.9 Å². The number of anilines is 1. The van der Waals surface area contributed by atoms with Crippen molar-refractivity contribution in [1.29, 1.82) is 0 Å². The van der Waals surface area contributed by atoms with Crippen LogP contribution in [0.15, 0.2) is 47.8 Å². The van der Waals surface area contributed by atoms with Crippen LogP contribution in [-0.4, -0.2) is 31.7 Å². The number of thiazole rings is 1. The lowest BCUT2D eigenvalue weighted by atomic mass is 10.1. The summed E-state index contributed by atoms with van der Waals surface area (Å²) in [4.78, 5) is 16.8. The highest BCUT2D eigenvalue weighted by Gasteiger charge is 2.13. The first-order valence-corrected chi connectivity index (χ1v) is 10.2. The molecule has 1 unspecified atom stereocenters. The molecule has 0 aliphatic rings. The van der Waals surface area contributed by atoms with E-state index in [1.165, 1.54) is 11.3 Å². The molecule has 3 aromatic rings. The van der Waals surface area contributed by atoms with Gasteiger partial charge in [-0.25, -0.2) is 4.98 Å². The molecule has 0 bridgehead atoms. The molecule has 6 nitrogen and oxygen atoms in total. The summed E-state index contributed by atoms with van der Waals surface area (Å²) in [5.41, 5.74) is 2.58. The third-order valence-electron chi connectivity index (χ3n) is 4.37. The summed E-state index contributed by atoms with van der Waals surface area (Å²) in [5, 5.41) is 9.09. The first-order chi connectivity index (χ1) is 14.0. The zero-order valence-electron chi connectivity index (χ0n) is 16.4. The van der Waals surface area contributed by atoms with Gasteiger partial charge in [0.15, 0.2) is 16.6 Å². The number of carbonyl (C=O) groups is 1. The number of hydrogen-bond acceptors (Lipinski definition) is 6. The molecule has 8 heteroatoms. The standard InChI is InChI=1S/C21H22ClN3O3S/c1-13(15-6-4-5-7-16(15)22)23-11-20(26)25-21-24-17(12-29-21)14-8-9-18(27-2)19(10-14)28-3/h4-10,12-13,23H,11H2,1-3H3,(H,24,25,26). The molecule has 1 heterocycles. The Balaban J connectivity index is 1.60. The highest BCUT2D eigenvalue weighted by molar-refractivity contribution is 7.14. The Morgan fingerprint density at radius 2 is 1.93 bits per heavy atom. The van der Waals surface area contributed by atoms with Crippen LogP contribution in [0.2, 0.25) is 5.02 Å². The molecule has 1 atom stereocenters. The minimum atomic E-state index is -0.169. The summed E-state index contributed by atoms with van der Waals surface area (Å²) in [6.07, 6.45) is 0. The van der Waals surface area contributed by atoms with Gasteiger partial charge in [-0.3, -0.25) is 4.79 Å². The van der Waals surface area contributed by atoms with E-state index in [0.717, 1.165) is 16.8 Å². The molecule has 1 aromatic heterocycles.